The summed E-state index contributed by atoms with van der Waals surface area (Å²) in [5, 5.41) is 8.62. The van der Waals surface area contributed by atoms with Gasteiger partial charge in [-0.2, -0.15) is 0 Å². The molecule has 1 fully saturated rings. The van der Waals surface area contributed by atoms with Gasteiger partial charge in [-0.3, -0.25) is 9.20 Å². The van der Waals surface area contributed by atoms with Crippen LogP contribution in [-0.4, -0.2) is 52.7 Å². The van der Waals surface area contributed by atoms with E-state index >= 15 is 0 Å². The van der Waals surface area contributed by atoms with Crippen molar-refractivity contribution in [2.24, 2.45) is 0 Å². The Morgan fingerprint density at radius 2 is 2.07 bits per heavy atom. The van der Waals surface area contributed by atoms with Gasteiger partial charge in [0, 0.05) is 42.9 Å². The van der Waals surface area contributed by atoms with Gasteiger partial charge < -0.3 is 14.4 Å². The highest BCUT2D eigenvalue weighted by atomic mass is 16.5. The van der Waals surface area contributed by atoms with Crippen LogP contribution in [-0.2, 0) is 4.79 Å². The molecule has 3 heterocycles. The van der Waals surface area contributed by atoms with Crippen molar-refractivity contribution in [3.05, 3.63) is 60.1 Å². The normalized spacial score (nSPS) is 17.0. The minimum absolute atomic E-state index is 0.0126. The number of aromatic nitrogens is 3. The van der Waals surface area contributed by atoms with Crippen molar-refractivity contribution in [3.63, 3.8) is 0 Å². The van der Waals surface area contributed by atoms with Crippen molar-refractivity contribution in [3.8, 4) is 11.5 Å². The van der Waals surface area contributed by atoms with Crippen molar-refractivity contribution < 1.29 is 14.3 Å². The summed E-state index contributed by atoms with van der Waals surface area (Å²) < 4.78 is 12.6. The molecule has 4 rings (SSSR count). The zero-order valence-electron chi connectivity index (χ0n) is 16.6. The lowest BCUT2D eigenvalue weighted by molar-refractivity contribution is -0.127. The summed E-state index contributed by atoms with van der Waals surface area (Å²) in [5.74, 6) is 2.46. The van der Waals surface area contributed by atoms with Gasteiger partial charge in [0.1, 0.15) is 17.3 Å². The second-order valence-electron chi connectivity index (χ2n) is 7.05. The van der Waals surface area contributed by atoms with Gasteiger partial charge in [0.05, 0.1) is 14.2 Å². The molecule has 0 radical (unpaired) electrons. The molecule has 0 bridgehead atoms. The quantitative estimate of drug-likeness (QED) is 0.624. The monoisotopic (exact) mass is 392 g/mol. The molecule has 150 valence electrons. The van der Waals surface area contributed by atoms with E-state index in [2.05, 4.69) is 10.2 Å². The Labute approximate surface area is 169 Å². The molecule has 1 aliphatic rings. The molecule has 1 saturated heterocycles. The highest BCUT2D eigenvalue weighted by molar-refractivity contribution is 5.92. The van der Waals surface area contributed by atoms with Gasteiger partial charge in [-0.1, -0.05) is 6.07 Å². The molecule has 2 aromatic heterocycles. The van der Waals surface area contributed by atoms with Crippen LogP contribution >= 0.6 is 0 Å². The van der Waals surface area contributed by atoms with E-state index in [1.165, 1.54) is 0 Å². The minimum atomic E-state index is -0.0126. The summed E-state index contributed by atoms with van der Waals surface area (Å²) in [7, 11) is 3.21. The molecule has 0 saturated carbocycles. The zero-order valence-corrected chi connectivity index (χ0v) is 16.6. The number of carbonyl (C=O) groups is 1. The smallest absolute Gasteiger partial charge is 0.246 e. The maximum Gasteiger partial charge on any atom is 0.246 e. The van der Waals surface area contributed by atoms with Crippen LogP contribution in [0.25, 0.3) is 11.7 Å². The molecule has 0 aliphatic carbocycles. The van der Waals surface area contributed by atoms with E-state index in [0.29, 0.717) is 18.0 Å². The predicted molar refractivity (Wildman–Crippen MR) is 110 cm³/mol. The molecule has 0 spiro atoms. The maximum absolute atomic E-state index is 12.8. The number of benzene rings is 1. The predicted octanol–water partition coefficient (Wildman–Crippen LogP) is 3.17. The Bertz CT molecular complexity index is 1040. The highest BCUT2D eigenvalue weighted by Crippen LogP contribution is 2.28. The maximum atomic E-state index is 12.8. The molecular formula is C22H24N4O3. The first-order valence-corrected chi connectivity index (χ1v) is 9.68. The number of ether oxygens (including phenoxy) is 2. The Balaban J connectivity index is 1.48. The van der Waals surface area contributed by atoms with E-state index in [1.807, 2.05) is 45.8 Å². The summed E-state index contributed by atoms with van der Waals surface area (Å²) in [4.78, 5) is 14.7. The Morgan fingerprint density at radius 3 is 2.90 bits per heavy atom. The van der Waals surface area contributed by atoms with Crippen LogP contribution in [0, 0.1) is 0 Å². The SMILES string of the molecule is COc1ccc(/C=C/C(=O)N2CCCC(c3nnc4ccccn34)C2)c(OC)c1. The second-order valence-corrected chi connectivity index (χ2v) is 7.05. The third-order valence-corrected chi connectivity index (χ3v) is 5.28. The van der Waals surface area contributed by atoms with E-state index in [4.69, 9.17) is 9.47 Å². The zero-order chi connectivity index (χ0) is 20.2. The van der Waals surface area contributed by atoms with Crippen LogP contribution in [0.15, 0.2) is 48.7 Å². The van der Waals surface area contributed by atoms with Crippen molar-refractivity contribution >= 4 is 17.6 Å². The van der Waals surface area contributed by atoms with E-state index in [0.717, 1.165) is 36.4 Å². The fourth-order valence-corrected chi connectivity index (χ4v) is 3.75. The fraction of sp³-hybridized carbons (Fsp3) is 0.318. The molecule has 3 aromatic rings. The first-order chi connectivity index (χ1) is 14.2. The summed E-state index contributed by atoms with van der Waals surface area (Å²) in [5.41, 5.74) is 1.66. The molecule has 7 heteroatoms. The molecule has 1 atom stereocenters. The molecule has 1 aliphatic heterocycles. The van der Waals surface area contributed by atoms with Crippen LogP contribution in [0.4, 0.5) is 0 Å². The number of rotatable bonds is 5. The standard InChI is InChI=1S/C22H24N4O3/c1-28-18-10-8-16(19(14-18)29-2)9-11-21(27)25-12-5-6-17(15-25)22-24-23-20-7-3-4-13-26(20)22/h3-4,7-11,13-14,17H,5-6,12,15H2,1-2H3/b11-9+. The van der Waals surface area contributed by atoms with Gasteiger partial charge in [-0.15, -0.1) is 10.2 Å². The van der Waals surface area contributed by atoms with Gasteiger partial charge in [0.2, 0.25) is 5.91 Å². The van der Waals surface area contributed by atoms with E-state index in [9.17, 15) is 4.79 Å². The summed E-state index contributed by atoms with van der Waals surface area (Å²) in [6.07, 6.45) is 7.31. The van der Waals surface area contributed by atoms with Crippen LogP contribution in [0.3, 0.4) is 0 Å². The molecular weight excluding hydrogens is 368 g/mol. The molecule has 1 aromatic carbocycles. The second kappa shape index (κ2) is 8.34. The fourth-order valence-electron chi connectivity index (χ4n) is 3.75. The van der Waals surface area contributed by atoms with Crippen molar-refractivity contribution in [2.75, 3.05) is 27.3 Å². The largest absolute Gasteiger partial charge is 0.497 e. The van der Waals surface area contributed by atoms with Crippen molar-refractivity contribution in [2.45, 2.75) is 18.8 Å². The number of likely N-dealkylation sites (tertiary alicyclic amines) is 1. The van der Waals surface area contributed by atoms with Gasteiger partial charge in [-0.05, 0) is 43.2 Å². The number of fused-ring (bicyclic) bond motifs is 1. The summed E-state index contributed by atoms with van der Waals surface area (Å²) in [6.45, 7) is 1.38. The van der Waals surface area contributed by atoms with Crippen molar-refractivity contribution in [1.82, 2.24) is 19.5 Å². The molecule has 0 N–H and O–H groups in total. The van der Waals surface area contributed by atoms with Crippen molar-refractivity contribution in [1.29, 1.82) is 0 Å². The van der Waals surface area contributed by atoms with E-state index in [1.54, 1.807) is 32.4 Å². The average molecular weight is 392 g/mol. The van der Waals surface area contributed by atoms with Crippen LogP contribution in [0.5, 0.6) is 11.5 Å². The van der Waals surface area contributed by atoms with Gasteiger partial charge in [0.15, 0.2) is 5.65 Å². The Morgan fingerprint density at radius 1 is 1.17 bits per heavy atom. The first-order valence-electron chi connectivity index (χ1n) is 9.68. The topological polar surface area (TPSA) is 69.0 Å². The third-order valence-electron chi connectivity index (χ3n) is 5.28. The first kappa shape index (κ1) is 19.0. The average Bonchev–Trinajstić information content (AvgIpc) is 3.21. The molecule has 1 amide bonds. The van der Waals surface area contributed by atoms with Crippen LogP contribution in [0.2, 0.25) is 0 Å². The lowest BCUT2D eigenvalue weighted by atomic mass is 9.97. The summed E-state index contributed by atoms with van der Waals surface area (Å²) >= 11 is 0. The van der Waals surface area contributed by atoms with E-state index < -0.39 is 0 Å². The summed E-state index contributed by atoms with van der Waals surface area (Å²) in [6, 6.07) is 11.4. The van der Waals surface area contributed by atoms with Crippen LogP contribution < -0.4 is 9.47 Å². The number of hydrogen-bond donors (Lipinski definition) is 0. The lowest BCUT2D eigenvalue weighted by Crippen LogP contribution is -2.38. The number of carbonyl (C=O) groups excluding carboxylic acids is 1. The number of nitrogens with zero attached hydrogens (tertiary/aromatic N) is 4. The van der Waals surface area contributed by atoms with Crippen LogP contribution in [0.1, 0.15) is 30.1 Å². The van der Waals surface area contributed by atoms with Gasteiger partial charge in [-0.25, -0.2) is 0 Å². The number of amides is 1. The minimum Gasteiger partial charge on any atom is -0.497 e. The number of piperidine rings is 1. The number of hydrogen-bond acceptors (Lipinski definition) is 5. The number of pyridine rings is 1. The molecule has 29 heavy (non-hydrogen) atoms. The Hall–Kier alpha value is -3.35. The molecule has 7 nitrogen and oxygen atoms in total. The van der Waals surface area contributed by atoms with Gasteiger partial charge >= 0.3 is 0 Å². The van der Waals surface area contributed by atoms with Gasteiger partial charge in [0.25, 0.3) is 0 Å². The Kier molecular flexibility index (Phi) is 5.46. The van der Waals surface area contributed by atoms with E-state index in [-0.39, 0.29) is 11.8 Å². The lowest BCUT2D eigenvalue weighted by Gasteiger charge is -2.31. The highest BCUT2D eigenvalue weighted by Gasteiger charge is 2.27. The number of methoxy groups -OCH3 is 2. The third kappa shape index (κ3) is 3.94. The molecule has 1 unspecified atom stereocenters.